The van der Waals surface area contributed by atoms with Crippen LogP contribution >= 0.6 is 0 Å². The molecule has 0 saturated carbocycles. The normalized spacial score (nSPS) is 20.5. The molecule has 15 heteroatoms. The molecule has 1 aromatic heterocycles. The molecule has 0 unspecified atom stereocenters. The zero-order valence-corrected chi connectivity index (χ0v) is 30.4. The van der Waals surface area contributed by atoms with Gasteiger partial charge in [-0.3, -0.25) is 4.90 Å². The lowest BCUT2D eigenvalue weighted by atomic mass is 10.1. The van der Waals surface area contributed by atoms with E-state index in [1.807, 2.05) is 25.2 Å². The molecule has 0 bridgehead atoms. The Morgan fingerprint density at radius 3 is 2.44 bits per heavy atom. The van der Waals surface area contributed by atoms with Crippen molar-refractivity contribution in [3.05, 3.63) is 54.4 Å². The second kappa shape index (κ2) is 14.9. The Labute approximate surface area is 293 Å². The van der Waals surface area contributed by atoms with Crippen molar-refractivity contribution in [3.8, 4) is 23.2 Å². The van der Waals surface area contributed by atoms with Crippen molar-refractivity contribution in [1.29, 1.82) is 5.26 Å². The number of piperazine rings is 1. The molecule has 2 amide bonds. The third-order valence-corrected chi connectivity index (χ3v) is 14.3. The minimum atomic E-state index is -2.21. The van der Waals surface area contributed by atoms with Crippen molar-refractivity contribution in [2.75, 3.05) is 62.7 Å². The van der Waals surface area contributed by atoms with Crippen LogP contribution < -0.4 is 20.4 Å². The van der Waals surface area contributed by atoms with Crippen LogP contribution in [-0.4, -0.2) is 110 Å². The molecule has 2 atom stereocenters. The van der Waals surface area contributed by atoms with Crippen LogP contribution in [0.2, 0.25) is 18.1 Å². The van der Waals surface area contributed by atoms with Gasteiger partial charge >= 0.3 is 6.03 Å². The fourth-order valence-corrected chi connectivity index (χ4v) is 6.42. The van der Waals surface area contributed by atoms with Crippen LogP contribution in [0.4, 0.5) is 26.5 Å². The summed E-state index contributed by atoms with van der Waals surface area (Å²) in [6.07, 6.45) is -0.586. The summed E-state index contributed by atoms with van der Waals surface area (Å²) in [5, 5.41) is 13.1. The van der Waals surface area contributed by atoms with E-state index in [0.29, 0.717) is 23.4 Å². The molecule has 50 heavy (non-hydrogen) atoms. The number of amides is 2. The van der Waals surface area contributed by atoms with E-state index >= 15 is 4.39 Å². The molecule has 2 N–H and O–H groups in total. The lowest BCUT2D eigenvalue weighted by Crippen LogP contribution is -2.56. The number of carbonyl (C=O) groups is 1. The predicted octanol–water partition coefficient (Wildman–Crippen LogP) is 5.11. The largest absolute Gasteiger partial charge is 0.486 e. The molecule has 2 aromatic carbocycles. The highest BCUT2D eigenvalue weighted by Gasteiger charge is 2.40. The molecule has 3 fully saturated rings. The number of halogens is 1. The molecule has 266 valence electrons. The molecule has 4 heterocycles. The van der Waals surface area contributed by atoms with Gasteiger partial charge in [-0.05, 0) is 60.6 Å². The van der Waals surface area contributed by atoms with Crippen molar-refractivity contribution in [2.24, 2.45) is 0 Å². The van der Waals surface area contributed by atoms with E-state index < -0.39 is 26.6 Å². The molecule has 13 nitrogen and oxygen atoms in total. The third kappa shape index (κ3) is 8.15. The Morgan fingerprint density at radius 1 is 1.06 bits per heavy atom. The molecule has 0 radical (unpaired) electrons. The second-order valence-electron chi connectivity index (χ2n) is 14.5. The van der Waals surface area contributed by atoms with E-state index in [-0.39, 0.29) is 35.9 Å². The Hall–Kier alpha value is -4.36. The number of benzene rings is 2. The molecule has 6 rings (SSSR count). The van der Waals surface area contributed by atoms with Gasteiger partial charge in [0, 0.05) is 56.1 Å². The smallest absolute Gasteiger partial charge is 0.340 e. The quantitative estimate of drug-likeness (QED) is 0.227. The number of aromatic nitrogens is 3. The lowest BCUT2D eigenvalue weighted by molar-refractivity contribution is -0.0660. The molecule has 0 aliphatic carbocycles. The maximum atomic E-state index is 15.3. The molecule has 3 aliphatic heterocycles. The number of hydroxylamine groups is 1. The lowest BCUT2D eigenvalue weighted by Gasteiger charge is -2.43. The summed E-state index contributed by atoms with van der Waals surface area (Å²) in [6, 6.07) is 15.4. The predicted molar refractivity (Wildman–Crippen MR) is 190 cm³/mol. The molecular formula is C35H46FN9O4Si. The Bertz CT molecular complexity index is 1690. The maximum absolute atomic E-state index is 15.3. The van der Waals surface area contributed by atoms with E-state index in [2.05, 4.69) is 74.5 Å². The number of hydrogen-bond acceptors (Lipinski definition) is 11. The standard InChI is InChI=1S/C35H46FN9O4Si/c1-35(2,3)50(4,5)49-42-34(46)45-13-12-31(29(36)20-45)48-30-11-6-24(18-25(30)19-37)32-38-23-39-33(41-32)40-26-7-9-27(10-8-26)43-14-16-44(17-15-43)28-21-47-22-28/h6-11,18,23,28-29,31H,12-17,20-22H2,1-5H3,(H,42,46)(H,38,39,40,41)/t29-,31+/m1/s1. The molecular weight excluding hydrogens is 658 g/mol. The van der Waals surface area contributed by atoms with Crippen molar-refractivity contribution >= 4 is 31.7 Å². The Morgan fingerprint density at radius 2 is 1.80 bits per heavy atom. The number of hydrogen-bond donors (Lipinski definition) is 2. The number of nitrogens with one attached hydrogen (secondary N) is 2. The fraction of sp³-hybridized carbons (Fsp3) is 0.514. The molecule has 3 aromatic rings. The first-order valence-electron chi connectivity index (χ1n) is 17.1. The van der Waals surface area contributed by atoms with Crippen LogP contribution in [0.15, 0.2) is 48.8 Å². The summed E-state index contributed by atoms with van der Waals surface area (Å²) in [5.74, 6) is 0.997. The highest BCUT2D eigenvalue weighted by atomic mass is 28.4. The summed E-state index contributed by atoms with van der Waals surface area (Å²) in [4.78, 5) is 32.2. The van der Waals surface area contributed by atoms with Crippen molar-refractivity contribution in [1.82, 2.24) is 30.2 Å². The van der Waals surface area contributed by atoms with Crippen LogP contribution in [0.1, 0.15) is 32.8 Å². The average molecular weight is 704 g/mol. The third-order valence-electron chi connectivity index (χ3n) is 10.1. The molecule has 3 aliphatic rings. The monoisotopic (exact) mass is 703 g/mol. The van der Waals surface area contributed by atoms with Gasteiger partial charge in [0.05, 0.1) is 31.4 Å². The van der Waals surface area contributed by atoms with Gasteiger partial charge in [-0.2, -0.15) is 10.2 Å². The minimum absolute atomic E-state index is 0.0877. The van der Waals surface area contributed by atoms with Crippen LogP contribution in [-0.2, 0) is 9.26 Å². The fourth-order valence-electron chi connectivity index (χ4n) is 5.77. The van der Waals surface area contributed by atoms with E-state index in [0.717, 1.165) is 45.1 Å². The van der Waals surface area contributed by atoms with Crippen LogP contribution in [0.5, 0.6) is 5.75 Å². The summed E-state index contributed by atoms with van der Waals surface area (Å²) in [6.45, 7) is 16.1. The summed E-state index contributed by atoms with van der Waals surface area (Å²) in [5.41, 5.74) is 5.36. The van der Waals surface area contributed by atoms with Crippen molar-refractivity contribution in [2.45, 2.75) is 63.6 Å². The zero-order valence-electron chi connectivity index (χ0n) is 29.4. The Kier molecular flexibility index (Phi) is 10.5. The van der Waals surface area contributed by atoms with Gasteiger partial charge in [-0.25, -0.2) is 24.6 Å². The van der Waals surface area contributed by atoms with Crippen molar-refractivity contribution < 1.29 is 23.2 Å². The number of alkyl halides is 1. The minimum Gasteiger partial charge on any atom is -0.486 e. The maximum Gasteiger partial charge on any atom is 0.340 e. The van der Waals surface area contributed by atoms with Crippen LogP contribution in [0.3, 0.4) is 0 Å². The first kappa shape index (κ1) is 35.5. The first-order valence-corrected chi connectivity index (χ1v) is 20.0. The van der Waals surface area contributed by atoms with Gasteiger partial charge in [0.1, 0.15) is 24.3 Å². The van der Waals surface area contributed by atoms with Gasteiger partial charge in [-0.15, -0.1) is 0 Å². The van der Waals surface area contributed by atoms with Gasteiger partial charge in [0.15, 0.2) is 12.0 Å². The number of rotatable bonds is 9. The summed E-state index contributed by atoms with van der Waals surface area (Å²) < 4.78 is 32.4. The number of urea groups is 1. The zero-order chi connectivity index (χ0) is 35.5. The van der Waals surface area contributed by atoms with E-state index in [1.54, 1.807) is 18.2 Å². The number of ether oxygens (including phenoxy) is 2. The highest BCUT2D eigenvalue weighted by molar-refractivity contribution is 6.74. The topological polar surface area (TPSA) is 141 Å². The highest BCUT2D eigenvalue weighted by Crippen LogP contribution is 2.36. The number of nitriles is 1. The SMILES string of the molecule is CC(C)(C)[Si](C)(C)ONC(=O)N1CC[C@H](Oc2ccc(-c3ncnc(Nc4ccc(N5CCN(C6COC6)CC5)cc4)n3)cc2C#N)[C@H](F)C1. The van der Waals surface area contributed by atoms with Crippen LogP contribution in [0, 0.1) is 11.3 Å². The van der Waals surface area contributed by atoms with Crippen LogP contribution in [0.25, 0.3) is 11.4 Å². The first-order chi connectivity index (χ1) is 23.9. The van der Waals surface area contributed by atoms with E-state index in [9.17, 15) is 10.1 Å². The second-order valence-corrected chi connectivity index (χ2v) is 19.2. The van der Waals surface area contributed by atoms with Gasteiger partial charge in [-0.1, -0.05) is 20.8 Å². The number of nitrogens with zero attached hydrogens (tertiary/aromatic N) is 7. The van der Waals surface area contributed by atoms with E-state index in [1.165, 1.54) is 16.9 Å². The number of piperidine rings is 1. The average Bonchev–Trinajstić information content (AvgIpc) is 3.08. The number of likely N-dealkylation sites (tertiary alicyclic amines) is 1. The summed E-state index contributed by atoms with van der Waals surface area (Å²) >= 11 is 0. The van der Waals surface area contributed by atoms with E-state index in [4.69, 9.17) is 14.0 Å². The number of anilines is 3. The molecule has 3 saturated heterocycles. The summed E-state index contributed by atoms with van der Waals surface area (Å²) in [7, 11) is -2.21. The molecule has 0 spiro atoms. The van der Waals surface area contributed by atoms with Crippen molar-refractivity contribution in [3.63, 3.8) is 0 Å². The van der Waals surface area contributed by atoms with Gasteiger partial charge in [0.25, 0.3) is 0 Å². The Balaban J connectivity index is 1.03. The number of carbonyl (C=O) groups excluding carboxylic acids is 1. The van der Waals surface area contributed by atoms with Gasteiger partial charge in [0.2, 0.25) is 14.3 Å². The van der Waals surface area contributed by atoms with Gasteiger partial charge < -0.3 is 29.1 Å².